The summed E-state index contributed by atoms with van der Waals surface area (Å²) in [5, 5.41) is 0. The number of rotatable bonds is 10. The zero-order valence-electron chi connectivity index (χ0n) is 25.5. The number of para-hydroxylation sites is 1. The molecule has 0 fully saturated rings. The summed E-state index contributed by atoms with van der Waals surface area (Å²) < 4.78 is 59.2. The van der Waals surface area contributed by atoms with E-state index in [9.17, 15) is 25.2 Å². The van der Waals surface area contributed by atoms with Crippen molar-refractivity contribution in [3.05, 3.63) is 68.7 Å². The number of pyridine rings is 1. The Hall–Kier alpha value is -2.60. The molecule has 0 saturated heterocycles. The first kappa shape index (κ1) is 44.8. The van der Waals surface area contributed by atoms with Gasteiger partial charge >= 0.3 is 33.0 Å². The summed E-state index contributed by atoms with van der Waals surface area (Å²) in [6.45, 7) is 21.3. The maximum absolute atomic E-state index is 10.7. The Labute approximate surface area is 260 Å². The normalized spacial score (nSPS) is 13.3. The van der Waals surface area contributed by atoms with Crippen LogP contribution in [-0.2, 0) is 17.1 Å². The second kappa shape index (κ2) is 18.9. The number of halogens is 6. The predicted molar refractivity (Wildman–Crippen MR) is 160 cm³/mol. The fourth-order valence-electron chi connectivity index (χ4n) is 3.68. The second-order valence-corrected chi connectivity index (χ2v) is 11.6. The van der Waals surface area contributed by atoms with Crippen molar-refractivity contribution in [1.82, 2.24) is 21.1 Å². The monoisotopic (exact) mass is 681 g/mol. The van der Waals surface area contributed by atoms with Crippen molar-refractivity contribution in [3.8, 4) is 0 Å². The number of hydrogen-bond acceptors (Lipinski definition) is 6. The second-order valence-electron chi connectivity index (χ2n) is 9.65. The number of nitroso groups, excluding NO2 is 2. The van der Waals surface area contributed by atoms with Gasteiger partial charge in [0.25, 0.3) is 0 Å². The quantitative estimate of drug-likeness (QED) is 0.108. The molecule has 0 unspecified atom stereocenters. The van der Waals surface area contributed by atoms with Crippen LogP contribution in [-0.4, -0.2) is 47.5 Å². The van der Waals surface area contributed by atoms with Crippen molar-refractivity contribution in [3.63, 3.8) is 0 Å². The first-order valence-corrected chi connectivity index (χ1v) is 15.1. The van der Waals surface area contributed by atoms with Crippen molar-refractivity contribution < 1.29 is 42.3 Å². The summed E-state index contributed by atoms with van der Waals surface area (Å²) in [4.78, 5) is 31.6. The average Bonchev–Trinajstić information content (AvgIpc) is 2.91. The van der Waals surface area contributed by atoms with Gasteiger partial charge in [0.1, 0.15) is 11.2 Å². The molecule has 0 atom stereocenters. The minimum Gasteiger partial charge on any atom is -0.120 e. The summed E-state index contributed by atoms with van der Waals surface area (Å²) in [6.07, 6.45) is 0. The molecule has 43 heavy (non-hydrogen) atoms. The van der Waals surface area contributed by atoms with E-state index in [1.807, 2.05) is 19.1 Å². The van der Waals surface area contributed by atoms with Gasteiger partial charge in [-0.25, -0.2) is 4.98 Å². The summed E-state index contributed by atoms with van der Waals surface area (Å²) in [7, 11) is -10.7. The molecule has 1 aromatic carbocycles. The maximum Gasteiger partial charge on any atom is 0.120 e. The molecular formula is C27H40F6FeN6O2P-. The van der Waals surface area contributed by atoms with Gasteiger partial charge in [0.05, 0.1) is 35.0 Å². The van der Waals surface area contributed by atoms with E-state index in [4.69, 9.17) is 36.0 Å². The summed E-state index contributed by atoms with van der Waals surface area (Å²) in [5.74, 6) is 0.842. The van der Waals surface area contributed by atoms with Gasteiger partial charge in [-0.2, -0.15) is 0 Å². The number of benzene rings is 1. The fraction of sp³-hybridized carbons (Fsp3) is 0.519. The van der Waals surface area contributed by atoms with Crippen molar-refractivity contribution >= 4 is 24.9 Å². The zero-order chi connectivity index (χ0) is 33.4. The maximum atomic E-state index is 9.87. The molecule has 0 aliphatic carbocycles. The van der Waals surface area contributed by atoms with Crippen LogP contribution in [0, 0.1) is 9.81 Å². The fourth-order valence-corrected chi connectivity index (χ4v) is 3.68. The van der Waals surface area contributed by atoms with E-state index in [0.29, 0.717) is 11.8 Å². The third-order valence-electron chi connectivity index (χ3n) is 5.77. The molecule has 0 N–H and O–H groups in total. The van der Waals surface area contributed by atoms with Crippen LogP contribution in [0.2, 0.25) is 0 Å². The third-order valence-corrected chi connectivity index (χ3v) is 5.77. The van der Waals surface area contributed by atoms with Crippen LogP contribution in [0.4, 0.5) is 30.9 Å². The van der Waals surface area contributed by atoms with E-state index < -0.39 is 7.81 Å². The first-order valence-electron chi connectivity index (χ1n) is 13.1. The summed E-state index contributed by atoms with van der Waals surface area (Å²) in [5.41, 5.74) is 18.9. The molecule has 2 aromatic rings. The van der Waals surface area contributed by atoms with Gasteiger partial charge in [-0.15, -0.1) is 9.81 Å². The van der Waals surface area contributed by atoms with Crippen LogP contribution >= 0.6 is 7.81 Å². The van der Waals surface area contributed by atoms with Crippen LogP contribution < -0.4 is 11.2 Å². The van der Waals surface area contributed by atoms with Gasteiger partial charge in [0.15, 0.2) is 0 Å². The molecule has 2 radical (unpaired) electrons. The Morgan fingerprint density at radius 2 is 1.16 bits per heavy atom. The molecule has 1 aromatic heterocycles. The molecule has 246 valence electrons. The third kappa shape index (κ3) is 20.9. The largest absolute Gasteiger partial charge is 0.120 e. The van der Waals surface area contributed by atoms with Crippen molar-refractivity contribution in [2.45, 2.75) is 67.2 Å². The Morgan fingerprint density at radius 3 is 1.53 bits per heavy atom. The Balaban J connectivity index is -0.00000115. The van der Waals surface area contributed by atoms with Gasteiger partial charge in [-0.1, -0.05) is 65.8 Å². The predicted octanol–water partition coefficient (Wildman–Crippen LogP) is 9.11. The molecular weight excluding hydrogens is 641 g/mol. The van der Waals surface area contributed by atoms with E-state index in [-0.39, 0.29) is 17.1 Å². The Morgan fingerprint density at radius 1 is 0.791 bits per heavy atom. The van der Waals surface area contributed by atoms with Crippen LogP contribution in [0.5, 0.6) is 0 Å². The molecule has 0 amide bonds. The van der Waals surface area contributed by atoms with Crippen molar-refractivity contribution in [2.24, 2.45) is 9.98 Å². The van der Waals surface area contributed by atoms with Gasteiger partial charge in [-0.3, -0.25) is 9.98 Å². The standard InChI is InChI=1S/C27H40N4.F6P.Fe.2NO/c1-9-31(10-2)18-17-28-21(7)25-15-12-16-26(30-25)22(8)29-27-23(19(3)4)13-11-14-24(27)20(5)6;1-7(2,3,4,5)6;;2*1-2/h11-16,19-20H,9-10,17-18H2,1-8H3;;;;/q;-1;;;. The van der Waals surface area contributed by atoms with Crippen LogP contribution in [0.25, 0.3) is 0 Å². The van der Waals surface area contributed by atoms with Crippen LogP contribution in [0.1, 0.15) is 89.7 Å². The molecule has 8 nitrogen and oxygen atoms in total. The van der Waals surface area contributed by atoms with Crippen molar-refractivity contribution in [1.29, 1.82) is 0 Å². The smallest absolute Gasteiger partial charge is 0.120 e. The van der Waals surface area contributed by atoms with E-state index in [1.165, 1.54) is 11.1 Å². The van der Waals surface area contributed by atoms with Crippen molar-refractivity contribution in [2.75, 3.05) is 26.2 Å². The van der Waals surface area contributed by atoms with Crippen LogP contribution in [0.3, 0.4) is 0 Å². The van der Waals surface area contributed by atoms with E-state index in [2.05, 4.69) is 77.6 Å². The minimum absolute atomic E-state index is 0. The van der Waals surface area contributed by atoms with Gasteiger partial charge < -0.3 is 4.90 Å². The number of nitrogens with zero attached hydrogens (tertiary/aromatic N) is 6. The molecule has 0 bridgehead atoms. The van der Waals surface area contributed by atoms with Gasteiger partial charge in [-0.05, 0) is 62.0 Å². The van der Waals surface area contributed by atoms with E-state index in [1.54, 1.807) is 0 Å². The number of hydrogen-bond donors (Lipinski definition) is 0. The summed E-state index contributed by atoms with van der Waals surface area (Å²) in [6, 6.07) is 12.7. The molecule has 1 heterocycles. The van der Waals surface area contributed by atoms with Gasteiger partial charge in [0.2, 0.25) is 0 Å². The zero-order valence-corrected chi connectivity index (χ0v) is 27.5. The first-order chi connectivity index (χ1) is 19.2. The molecule has 0 aliphatic rings. The molecule has 0 aliphatic heterocycles. The SMILES string of the molecule is CCN(CC)CCN=C(C)c1cccc(C(C)=Nc2c(C(C)C)cccc2C(C)C)n1.F[P-](F)(F)(F)(F)F.[Fe].[N]=O.[N]=O. The molecule has 0 spiro atoms. The Bertz CT molecular complexity index is 1140. The number of aromatic nitrogens is 1. The molecule has 2 rings (SSSR count). The Kier molecular flexibility index (Phi) is 19.7. The minimum atomic E-state index is -10.7. The average molecular weight is 681 g/mol. The van der Waals surface area contributed by atoms with Gasteiger partial charge in [0, 0.05) is 23.6 Å². The van der Waals surface area contributed by atoms with Crippen LogP contribution in [0.15, 0.2) is 46.4 Å². The van der Waals surface area contributed by atoms with E-state index >= 15 is 0 Å². The molecule has 0 saturated carbocycles. The number of aliphatic imine (C=N–C) groups is 2. The summed E-state index contributed by atoms with van der Waals surface area (Å²) >= 11 is 0. The van der Waals surface area contributed by atoms with E-state index in [0.717, 1.165) is 54.7 Å². The molecule has 16 heteroatoms. The number of likely N-dealkylation sites (N-methyl/N-ethyl adjacent to an activating group) is 1. The topological polar surface area (TPSA) is 120 Å².